The van der Waals surface area contributed by atoms with Crippen LogP contribution in [0, 0.1) is 5.92 Å². The lowest BCUT2D eigenvalue weighted by Crippen LogP contribution is -2.31. The van der Waals surface area contributed by atoms with Gasteiger partial charge in [-0.2, -0.15) is 18.2 Å². The average Bonchev–Trinajstić information content (AvgIpc) is 3.29. The summed E-state index contributed by atoms with van der Waals surface area (Å²) < 4.78 is 80.6. The Morgan fingerprint density at radius 2 is 1.46 bits per heavy atom. The minimum atomic E-state index is -5.21. The van der Waals surface area contributed by atoms with E-state index in [-0.39, 0.29) is 11.5 Å². The van der Waals surface area contributed by atoms with Crippen LogP contribution in [0.4, 0.5) is 5.69 Å². The molecule has 1 heterocycles. The van der Waals surface area contributed by atoms with Crippen molar-refractivity contribution >= 4 is 60.4 Å². The molecular weight excluding hydrogens is 871 g/mol. The van der Waals surface area contributed by atoms with Crippen molar-refractivity contribution < 1.29 is 30.1 Å². The van der Waals surface area contributed by atoms with Crippen LogP contribution >= 0.6 is 23.5 Å². The van der Waals surface area contributed by atoms with E-state index in [9.17, 15) is 21.4 Å². The van der Waals surface area contributed by atoms with Crippen molar-refractivity contribution in [3.05, 3.63) is 121 Å². The Labute approximate surface area is 382 Å². The van der Waals surface area contributed by atoms with Crippen LogP contribution in [0.25, 0.3) is 33.4 Å². The number of anilines is 1. The summed E-state index contributed by atoms with van der Waals surface area (Å²) in [5.41, 5.74) is 5.13. The van der Waals surface area contributed by atoms with E-state index in [0.29, 0.717) is 34.4 Å². The molecule has 0 spiro atoms. The Kier molecular flexibility index (Phi) is 17.8. The summed E-state index contributed by atoms with van der Waals surface area (Å²) in [6.07, 6.45) is 5.68. The van der Waals surface area contributed by atoms with Crippen LogP contribution in [-0.4, -0.2) is 65.6 Å². The lowest BCUT2D eigenvalue weighted by Gasteiger charge is -2.24. The average molecular weight is 930 g/mol. The molecule has 10 nitrogen and oxygen atoms in total. The van der Waals surface area contributed by atoms with E-state index in [0.717, 1.165) is 93.3 Å². The molecule has 0 radical (unpaired) electrons. The van der Waals surface area contributed by atoms with Crippen molar-refractivity contribution in [1.82, 2.24) is 10.1 Å². The van der Waals surface area contributed by atoms with Gasteiger partial charge in [-0.05, 0) is 93.0 Å². The summed E-state index contributed by atoms with van der Waals surface area (Å²) in [5.74, 6) is 2.61. The third kappa shape index (κ3) is 13.0. The van der Waals surface area contributed by atoms with Gasteiger partial charge in [0.05, 0.1) is 15.9 Å². The molecule has 1 unspecified atom stereocenters. The third-order valence-electron chi connectivity index (χ3n) is 11.2. The maximum atomic E-state index is 13.5. The second-order valence-corrected chi connectivity index (χ2v) is 20.7. The molecule has 0 saturated carbocycles. The third-order valence-corrected chi connectivity index (χ3v) is 15.5. The largest absolute Gasteiger partial charge is 0.744 e. The summed E-state index contributed by atoms with van der Waals surface area (Å²) in [6.45, 7) is 11.8. The summed E-state index contributed by atoms with van der Waals surface area (Å²) >= 11 is 3.64. The number of hydroxylamine groups is 1. The first-order chi connectivity index (χ1) is 30.4. The minimum absolute atomic E-state index is 0.0735. The molecule has 0 amide bonds. The van der Waals surface area contributed by atoms with Gasteiger partial charge in [0.1, 0.15) is 34.6 Å². The number of unbranched alkanes of at least 4 members (excludes halogenated alkanes) is 1. The number of thioether (sulfide) groups is 2. The van der Waals surface area contributed by atoms with Crippen LogP contribution in [0.5, 0.6) is 0 Å². The quantitative estimate of drug-likeness (QED) is 0.0155. The van der Waals surface area contributed by atoms with E-state index < -0.39 is 30.0 Å². The number of nitrogens with one attached hydrogen (secondary N) is 1. The first kappa shape index (κ1) is 48.3. The molecule has 14 heteroatoms. The van der Waals surface area contributed by atoms with Crippen LogP contribution in [0.15, 0.2) is 139 Å². The van der Waals surface area contributed by atoms with Gasteiger partial charge in [-0.25, -0.2) is 13.0 Å². The van der Waals surface area contributed by atoms with Gasteiger partial charge in [0.25, 0.3) is 0 Å². The van der Waals surface area contributed by atoms with Crippen LogP contribution in [0.1, 0.15) is 66.2 Å². The molecule has 4 aromatic carbocycles. The van der Waals surface area contributed by atoms with Gasteiger partial charge in [-0.3, -0.25) is 0 Å². The molecule has 336 valence electrons. The molecule has 0 fully saturated rings. The number of hydrogen-bond donors (Lipinski definition) is 1. The van der Waals surface area contributed by atoms with Crippen molar-refractivity contribution in [2.24, 2.45) is 5.92 Å². The van der Waals surface area contributed by atoms with Crippen molar-refractivity contribution in [3.8, 4) is 22.5 Å². The van der Waals surface area contributed by atoms with Crippen molar-refractivity contribution in [2.75, 3.05) is 49.1 Å². The highest BCUT2D eigenvalue weighted by Crippen LogP contribution is 2.43. The number of fused-ring (bicyclic) bond motifs is 2. The van der Waals surface area contributed by atoms with E-state index in [2.05, 4.69) is 60.0 Å². The standard InChI is InChI=1S/C49H59N3O7S4/c1-5-9-18-37(6-2)36-50-59-63(56,57)42-25-28-45(48(35-42)62(53,54)55)49-43-26-23-38(51(7-3)29-16-31-60-40-19-12-10-13-20-40)33-46(43)58-47-34-39(24-27-44(47)49)52(8-4)30-17-32-61-41-21-14-11-15-22-41/h10-15,19-28,33-35,37,50H,5-9,16-18,29-32,36H2,1-4H3. The highest BCUT2D eigenvalue weighted by atomic mass is 32.2. The molecule has 0 aromatic heterocycles. The highest BCUT2D eigenvalue weighted by molar-refractivity contribution is 7.99. The smallest absolute Gasteiger partial charge is 0.312 e. The zero-order chi connectivity index (χ0) is 44.8. The van der Waals surface area contributed by atoms with Crippen LogP contribution < -0.4 is 20.3 Å². The fraction of sp³-hybridized carbons (Fsp3) is 0.367. The SMILES string of the molecule is CCCCC(CC)CNOS(=O)(=O)c1ccc(-c2c3ccc(=[N+](CC)CCCSc4ccccc4)cc-3oc3cc(N(CC)CCCSc4ccccc4)ccc23)c(S(=O)(=O)[O-])c1. The zero-order valence-electron chi connectivity index (χ0n) is 36.6. The topological polar surface area (TPSA) is 132 Å². The summed E-state index contributed by atoms with van der Waals surface area (Å²) in [6, 6.07) is 35.9. The van der Waals surface area contributed by atoms with Gasteiger partial charge in [0.15, 0.2) is 0 Å². The predicted molar refractivity (Wildman–Crippen MR) is 258 cm³/mol. The van der Waals surface area contributed by atoms with Crippen LogP contribution in [-0.2, 0) is 24.5 Å². The van der Waals surface area contributed by atoms with E-state index in [1.54, 1.807) is 0 Å². The normalized spacial score (nSPS) is 13.1. The van der Waals surface area contributed by atoms with Gasteiger partial charge in [-0.15, -0.1) is 23.5 Å². The van der Waals surface area contributed by atoms with Gasteiger partial charge >= 0.3 is 10.1 Å². The lowest BCUT2D eigenvalue weighted by molar-refractivity contribution is 0.179. The summed E-state index contributed by atoms with van der Waals surface area (Å²) in [4.78, 5) is 3.63. The number of rotatable bonds is 24. The number of hydrogen-bond acceptors (Lipinski definition) is 11. The zero-order valence-corrected chi connectivity index (χ0v) is 39.9. The molecule has 63 heavy (non-hydrogen) atoms. The highest BCUT2D eigenvalue weighted by Gasteiger charge is 2.26. The number of nitrogens with zero attached hydrogens (tertiary/aromatic N) is 2. The van der Waals surface area contributed by atoms with E-state index in [1.807, 2.05) is 103 Å². The molecule has 1 atom stereocenters. The molecule has 1 aliphatic heterocycles. The molecule has 1 aliphatic carbocycles. The van der Waals surface area contributed by atoms with E-state index >= 15 is 0 Å². The second kappa shape index (κ2) is 23.2. The molecule has 2 aliphatic rings. The van der Waals surface area contributed by atoms with Gasteiger partial charge < -0.3 is 13.9 Å². The molecule has 4 aromatic rings. The second-order valence-electron chi connectivity index (χ2n) is 15.4. The Hall–Kier alpha value is -4.15. The van der Waals surface area contributed by atoms with Crippen LogP contribution in [0.2, 0.25) is 0 Å². The van der Waals surface area contributed by atoms with Gasteiger partial charge in [-0.1, -0.05) is 75.6 Å². The van der Waals surface area contributed by atoms with Gasteiger partial charge in [0, 0.05) is 81.5 Å². The molecule has 0 saturated heterocycles. The molecular formula is C49H59N3O7S4. The molecule has 6 rings (SSSR count). The first-order valence-electron chi connectivity index (χ1n) is 21.9. The van der Waals surface area contributed by atoms with Crippen LogP contribution in [0.3, 0.4) is 0 Å². The van der Waals surface area contributed by atoms with Gasteiger partial charge in [0.2, 0.25) is 5.36 Å². The Balaban J connectivity index is 1.40. The van der Waals surface area contributed by atoms with Crippen molar-refractivity contribution in [2.45, 2.75) is 85.8 Å². The molecule has 0 bridgehead atoms. The summed E-state index contributed by atoms with van der Waals surface area (Å²) in [7, 11) is -9.69. The number of benzene rings is 5. The minimum Gasteiger partial charge on any atom is -0.744 e. The fourth-order valence-electron chi connectivity index (χ4n) is 7.71. The first-order valence-corrected chi connectivity index (χ1v) is 26.7. The van der Waals surface area contributed by atoms with E-state index in [1.165, 1.54) is 21.9 Å². The lowest BCUT2D eigenvalue weighted by atomic mass is 9.93. The fourth-order valence-corrected chi connectivity index (χ4v) is 11.0. The Morgan fingerprint density at radius 3 is 2.10 bits per heavy atom. The predicted octanol–water partition coefficient (Wildman–Crippen LogP) is 10.5. The maximum Gasteiger partial charge on any atom is 0.312 e. The Morgan fingerprint density at radius 1 is 0.778 bits per heavy atom. The van der Waals surface area contributed by atoms with E-state index in [4.69, 9.17) is 8.70 Å². The van der Waals surface area contributed by atoms with Crippen molar-refractivity contribution in [3.63, 3.8) is 0 Å². The summed E-state index contributed by atoms with van der Waals surface area (Å²) in [5, 5.41) is 1.52. The monoisotopic (exact) mass is 929 g/mol. The molecule has 1 N–H and O–H groups in total. The van der Waals surface area contributed by atoms with Crippen molar-refractivity contribution in [1.29, 1.82) is 0 Å². The Bertz CT molecular complexity index is 2680. The maximum absolute atomic E-state index is 13.5.